The van der Waals surface area contributed by atoms with Crippen LogP contribution < -0.4 is 5.32 Å². The number of quaternary nitrogens is 1. The van der Waals surface area contributed by atoms with Crippen molar-refractivity contribution in [2.24, 2.45) is 5.92 Å². The standard InChI is InChI=1S/C15H18FNO2/c1-19-15(18)14-12(8-11-5-6-13(14)17-11)9-3-2-4-10(16)7-9/h2-4,7,11-14,17H,5-6,8H2,1H3/p+1/t11-,12-,13?,14?/m1/s1. The van der Waals surface area contributed by atoms with Crippen molar-refractivity contribution in [2.75, 3.05) is 7.11 Å². The lowest BCUT2D eigenvalue weighted by Crippen LogP contribution is -2.95. The number of hydrogen-bond donors (Lipinski definition) is 1. The molecule has 2 N–H and O–H groups in total. The third kappa shape index (κ3) is 2.25. The number of halogens is 1. The van der Waals surface area contributed by atoms with E-state index < -0.39 is 0 Å². The zero-order valence-electron chi connectivity index (χ0n) is 11.0. The lowest BCUT2D eigenvalue weighted by atomic mass is 9.77. The first-order chi connectivity index (χ1) is 9.19. The number of esters is 1. The number of piperidine rings is 1. The van der Waals surface area contributed by atoms with Crippen molar-refractivity contribution in [3.8, 4) is 0 Å². The van der Waals surface area contributed by atoms with E-state index in [2.05, 4.69) is 5.32 Å². The molecule has 2 unspecified atom stereocenters. The second-order valence-electron chi connectivity index (χ2n) is 5.64. The third-order valence-electron chi connectivity index (χ3n) is 4.59. The Morgan fingerprint density at radius 3 is 3.00 bits per heavy atom. The molecule has 2 aliphatic heterocycles. The van der Waals surface area contributed by atoms with Crippen LogP contribution in [0.4, 0.5) is 4.39 Å². The van der Waals surface area contributed by atoms with Gasteiger partial charge in [0.1, 0.15) is 17.8 Å². The van der Waals surface area contributed by atoms with Gasteiger partial charge in [-0.1, -0.05) is 12.1 Å². The first-order valence-electron chi connectivity index (χ1n) is 6.87. The molecule has 3 rings (SSSR count). The second-order valence-corrected chi connectivity index (χ2v) is 5.64. The van der Waals surface area contributed by atoms with Crippen LogP contribution in [0.15, 0.2) is 24.3 Å². The molecule has 2 aliphatic rings. The molecule has 19 heavy (non-hydrogen) atoms. The van der Waals surface area contributed by atoms with Crippen LogP contribution >= 0.6 is 0 Å². The highest BCUT2D eigenvalue weighted by atomic mass is 19.1. The van der Waals surface area contributed by atoms with Crippen molar-refractivity contribution in [1.82, 2.24) is 0 Å². The quantitative estimate of drug-likeness (QED) is 0.816. The number of carbonyl (C=O) groups excluding carboxylic acids is 1. The molecule has 3 nitrogen and oxygen atoms in total. The summed E-state index contributed by atoms with van der Waals surface area (Å²) in [6.45, 7) is 0. The van der Waals surface area contributed by atoms with Gasteiger partial charge in [0.2, 0.25) is 0 Å². The molecule has 1 aromatic rings. The van der Waals surface area contributed by atoms with E-state index in [9.17, 15) is 9.18 Å². The number of carbonyl (C=O) groups is 1. The molecule has 2 saturated heterocycles. The van der Waals surface area contributed by atoms with Crippen molar-refractivity contribution in [1.29, 1.82) is 0 Å². The summed E-state index contributed by atoms with van der Waals surface area (Å²) in [4.78, 5) is 12.1. The number of ether oxygens (including phenoxy) is 1. The second kappa shape index (κ2) is 4.93. The number of nitrogens with two attached hydrogens (primary N) is 1. The molecule has 0 spiro atoms. The zero-order valence-corrected chi connectivity index (χ0v) is 11.0. The summed E-state index contributed by atoms with van der Waals surface area (Å²) in [5.41, 5.74) is 0.931. The molecular weight excluding hydrogens is 245 g/mol. The molecule has 2 bridgehead atoms. The van der Waals surface area contributed by atoms with Crippen LogP contribution in [0.1, 0.15) is 30.7 Å². The first-order valence-corrected chi connectivity index (χ1v) is 6.87. The Morgan fingerprint density at radius 1 is 1.42 bits per heavy atom. The number of hydrogen-bond acceptors (Lipinski definition) is 2. The van der Waals surface area contributed by atoms with E-state index >= 15 is 0 Å². The summed E-state index contributed by atoms with van der Waals surface area (Å²) in [5, 5.41) is 2.30. The predicted octanol–water partition coefficient (Wildman–Crippen LogP) is 1.20. The molecule has 0 saturated carbocycles. The maximum atomic E-state index is 13.4. The Labute approximate surface area is 112 Å². The number of fused-ring (bicyclic) bond motifs is 2. The van der Waals surface area contributed by atoms with Crippen molar-refractivity contribution in [3.05, 3.63) is 35.6 Å². The van der Waals surface area contributed by atoms with Crippen LogP contribution in [-0.2, 0) is 9.53 Å². The molecule has 1 aromatic carbocycles. The fourth-order valence-electron chi connectivity index (χ4n) is 3.77. The first kappa shape index (κ1) is 12.6. The number of methoxy groups -OCH3 is 1. The van der Waals surface area contributed by atoms with E-state index in [1.54, 1.807) is 12.1 Å². The topological polar surface area (TPSA) is 42.9 Å². The molecule has 4 atom stereocenters. The van der Waals surface area contributed by atoms with Gasteiger partial charge in [-0.25, -0.2) is 4.39 Å². The molecule has 0 aliphatic carbocycles. The Hall–Kier alpha value is -1.42. The number of rotatable bonds is 2. The van der Waals surface area contributed by atoms with Crippen LogP contribution in [0, 0.1) is 11.7 Å². The maximum absolute atomic E-state index is 13.4. The van der Waals surface area contributed by atoms with E-state index in [-0.39, 0.29) is 23.6 Å². The van der Waals surface area contributed by atoms with E-state index in [0.717, 1.165) is 24.8 Å². The van der Waals surface area contributed by atoms with Gasteiger partial charge in [-0.15, -0.1) is 0 Å². The Morgan fingerprint density at radius 2 is 2.26 bits per heavy atom. The van der Waals surface area contributed by atoms with Crippen LogP contribution in [0.5, 0.6) is 0 Å². The third-order valence-corrected chi connectivity index (χ3v) is 4.59. The van der Waals surface area contributed by atoms with Crippen LogP contribution in [0.3, 0.4) is 0 Å². The highest BCUT2D eigenvalue weighted by Gasteiger charge is 2.49. The van der Waals surface area contributed by atoms with E-state index in [1.807, 2.05) is 6.07 Å². The van der Waals surface area contributed by atoms with Gasteiger partial charge in [0, 0.05) is 25.2 Å². The average molecular weight is 264 g/mol. The van der Waals surface area contributed by atoms with Crippen molar-refractivity contribution < 1.29 is 19.2 Å². The van der Waals surface area contributed by atoms with Gasteiger partial charge in [0.15, 0.2) is 0 Å². The molecule has 0 amide bonds. The van der Waals surface area contributed by atoms with Gasteiger partial charge in [-0.3, -0.25) is 4.79 Å². The molecule has 102 valence electrons. The van der Waals surface area contributed by atoms with Gasteiger partial charge in [0.25, 0.3) is 0 Å². The summed E-state index contributed by atoms with van der Waals surface area (Å²) < 4.78 is 18.4. The van der Waals surface area contributed by atoms with Crippen LogP contribution in [0.25, 0.3) is 0 Å². The Bertz CT molecular complexity index is 491. The van der Waals surface area contributed by atoms with Crippen LogP contribution in [0.2, 0.25) is 0 Å². The minimum atomic E-state index is -0.233. The molecule has 2 heterocycles. The average Bonchev–Trinajstić information content (AvgIpc) is 2.79. The number of benzene rings is 1. The van der Waals surface area contributed by atoms with E-state index in [1.165, 1.54) is 13.2 Å². The fraction of sp³-hybridized carbons (Fsp3) is 0.533. The van der Waals surface area contributed by atoms with Gasteiger partial charge in [0.05, 0.1) is 13.2 Å². The molecule has 2 fully saturated rings. The SMILES string of the molecule is COC(=O)C1C2CC[C@H](C[C@@H]1c1cccc(F)c1)[NH2+]2. The van der Waals surface area contributed by atoms with E-state index in [4.69, 9.17) is 4.74 Å². The molecular formula is C15H19FNO2+. The lowest BCUT2D eigenvalue weighted by Gasteiger charge is -2.33. The maximum Gasteiger partial charge on any atom is 0.315 e. The fourth-order valence-corrected chi connectivity index (χ4v) is 3.77. The lowest BCUT2D eigenvalue weighted by molar-refractivity contribution is -0.715. The van der Waals surface area contributed by atoms with Crippen molar-refractivity contribution >= 4 is 5.97 Å². The zero-order chi connectivity index (χ0) is 13.4. The highest BCUT2D eigenvalue weighted by molar-refractivity contribution is 5.74. The largest absolute Gasteiger partial charge is 0.469 e. The highest BCUT2D eigenvalue weighted by Crippen LogP contribution is 2.39. The minimum absolute atomic E-state index is 0.0886. The summed E-state index contributed by atoms with van der Waals surface area (Å²) >= 11 is 0. The van der Waals surface area contributed by atoms with Crippen molar-refractivity contribution in [3.63, 3.8) is 0 Å². The smallest absolute Gasteiger partial charge is 0.315 e. The van der Waals surface area contributed by atoms with Crippen molar-refractivity contribution in [2.45, 2.75) is 37.3 Å². The molecule has 0 radical (unpaired) electrons. The monoisotopic (exact) mass is 264 g/mol. The van der Waals surface area contributed by atoms with Gasteiger partial charge in [-0.05, 0) is 17.7 Å². The summed E-state index contributed by atoms with van der Waals surface area (Å²) in [5.74, 6) is -0.449. The summed E-state index contributed by atoms with van der Waals surface area (Å²) in [6.07, 6.45) is 3.12. The van der Waals surface area contributed by atoms with Gasteiger partial charge in [-0.2, -0.15) is 0 Å². The molecule has 4 heteroatoms. The molecule has 0 aromatic heterocycles. The normalized spacial score (nSPS) is 33.2. The van der Waals surface area contributed by atoms with Gasteiger partial charge >= 0.3 is 5.97 Å². The predicted molar refractivity (Wildman–Crippen MR) is 68.0 cm³/mol. The minimum Gasteiger partial charge on any atom is -0.469 e. The Balaban J connectivity index is 1.95. The van der Waals surface area contributed by atoms with Gasteiger partial charge < -0.3 is 10.1 Å². The Kier molecular flexibility index (Phi) is 3.27. The summed E-state index contributed by atoms with van der Waals surface area (Å²) in [7, 11) is 1.44. The summed E-state index contributed by atoms with van der Waals surface area (Å²) in [6, 6.07) is 7.51. The van der Waals surface area contributed by atoms with E-state index in [0.29, 0.717) is 12.1 Å². The van der Waals surface area contributed by atoms with Crippen LogP contribution in [-0.4, -0.2) is 25.2 Å².